The lowest BCUT2D eigenvalue weighted by molar-refractivity contribution is -0.129. The van der Waals surface area contributed by atoms with Crippen molar-refractivity contribution in [2.45, 2.75) is 44.4 Å². The van der Waals surface area contributed by atoms with E-state index in [2.05, 4.69) is 26.1 Å². The number of amides is 1. The highest BCUT2D eigenvalue weighted by Crippen LogP contribution is 2.70. The van der Waals surface area contributed by atoms with Crippen molar-refractivity contribution in [2.75, 3.05) is 7.05 Å². The lowest BCUT2D eigenvalue weighted by Gasteiger charge is -2.39. The van der Waals surface area contributed by atoms with Gasteiger partial charge in [-0.15, -0.1) is 0 Å². The lowest BCUT2D eigenvalue weighted by Crippen LogP contribution is -2.50. The number of hydrogen-bond acceptors (Lipinski definition) is 3. The molecule has 1 aromatic heterocycles. The number of carbonyl (C=O) groups excluding carboxylic acids is 1. The molecule has 0 spiro atoms. The van der Waals surface area contributed by atoms with Crippen LogP contribution in [0.2, 0.25) is 0 Å². The van der Waals surface area contributed by atoms with Crippen molar-refractivity contribution in [3.63, 3.8) is 0 Å². The molecule has 4 nitrogen and oxygen atoms in total. The molecule has 0 radical (unpaired) electrons. The van der Waals surface area contributed by atoms with E-state index in [1.807, 2.05) is 24.3 Å². The van der Waals surface area contributed by atoms with Crippen molar-refractivity contribution >= 4 is 16.9 Å². The number of fused-ring (bicyclic) bond motifs is 6. The van der Waals surface area contributed by atoms with Gasteiger partial charge in [-0.2, -0.15) is 0 Å². The molecular weight excluding hydrogens is 274 g/mol. The SMILES string of the molecule is CNC(=O)[C@@]12CC[C@@](C)(c3nc4ccccc4nc31)C2(C)C. The number of nitrogens with zero attached hydrogens (tertiary/aromatic N) is 2. The molecule has 2 aromatic rings. The van der Waals surface area contributed by atoms with Gasteiger partial charge in [0.15, 0.2) is 0 Å². The summed E-state index contributed by atoms with van der Waals surface area (Å²) in [5.74, 6) is 0.0737. The summed E-state index contributed by atoms with van der Waals surface area (Å²) in [6.45, 7) is 6.64. The van der Waals surface area contributed by atoms with Gasteiger partial charge in [0, 0.05) is 12.5 Å². The Balaban J connectivity index is 2.12. The summed E-state index contributed by atoms with van der Waals surface area (Å²) >= 11 is 0. The van der Waals surface area contributed by atoms with Gasteiger partial charge in [-0.05, 0) is 30.4 Å². The van der Waals surface area contributed by atoms with Crippen LogP contribution >= 0.6 is 0 Å². The fraction of sp³-hybridized carbons (Fsp3) is 0.500. The summed E-state index contributed by atoms with van der Waals surface area (Å²) in [7, 11) is 1.72. The van der Waals surface area contributed by atoms with E-state index in [0.29, 0.717) is 0 Å². The quantitative estimate of drug-likeness (QED) is 0.880. The Labute approximate surface area is 130 Å². The molecule has 1 amide bonds. The van der Waals surface area contributed by atoms with E-state index < -0.39 is 5.41 Å². The predicted molar refractivity (Wildman–Crippen MR) is 85.6 cm³/mol. The van der Waals surface area contributed by atoms with Crippen molar-refractivity contribution in [2.24, 2.45) is 5.41 Å². The molecule has 114 valence electrons. The monoisotopic (exact) mass is 295 g/mol. The second-order valence-corrected chi connectivity index (χ2v) is 7.35. The molecule has 4 heteroatoms. The van der Waals surface area contributed by atoms with E-state index in [0.717, 1.165) is 35.3 Å². The fourth-order valence-corrected chi connectivity index (χ4v) is 4.76. The topological polar surface area (TPSA) is 54.9 Å². The second kappa shape index (κ2) is 3.86. The number of nitrogens with one attached hydrogen (secondary N) is 1. The standard InChI is InChI=1S/C18H21N3O/c1-16(2)17(3)9-10-18(16,15(22)19-4)14-13(17)20-11-7-5-6-8-12(11)21-14/h5-8H,9-10H2,1-4H3,(H,19,22)/t17-,18+/m0/s1. The van der Waals surface area contributed by atoms with Crippen molar-refractivity contribution in [3.8, 4) is 0 Å². The molecular formula is C18H21N3O. The summed E-state index contributed by atoms with van der Waals surface area (Å²) in [6.07, 6.45) is 1.82. The summed E-state index contributed by atoms with van der Waals surface area (Å²) in [4.78, 5) is 22.7. The Morgan fingerprint density at radius 3 is 2.23 bits per heavy atom. The molecule has 2 aliphatic rings. The molecule has 4 rings (SSSR count). The lowest BCUT2D eigenvalue weighted by atomic mass is 9.63. The summed E-state index contributed by atoms with van der Waals surface area (Å²) in [5.41, 5.74) is 2.83. The molecule has 1 fully saturated rings. The molecule has 2 aliphatic carbocycles. The van der Waals surface area contributed by atoms with Gasteiger partial charge in [0.25, 0.3) is 0 Å². The summed E-state index contributed by atoms with van der Waals surface area (Å²) < 4.78 is 0. The number of hydrogen-bond donors (Lipinski definition) is 1. The minimum Gasteiger partial charge on any atom is -0.358 e. The van der Waals surface area contributed by atoms with Gasteiger partial charge in [0.05, 0.1) is 27.8 Å². The third-order valence-electron chi connectivity index (χ3n) is 6.56. The van der Waals surface area contributed by atoms with Gasteiger partial charge >= 0.3 is 0 Å². The highest BCUT2D eigenvalue weighted by Gasteiger charge is 2.72. The van der Waals surface area contributed by atoms with Gasteiger partial charge < -0.3 is 5.32 Å². The normalized spacial score (nSPS) is 31.3. The Morgan fingerprint density at radius 1 is 1.05 bits per heavy atom. The number of rotatable bonds is 1. The van der Waals surface area contributed by atoms with Gasteiger partial charge in [0.1, 0.15) is 0 Å². The second-order valence-electron chi connectivity index (χ2n) is 7.35. The molecule has 1 aromatic carbocycles. The molecule has 1 saturated carbocycles. The van der Waals surface area contributed by atoms with Crippen LogP contribution in [0.25, 0.3) is 11.0 Å². The Bertz CT molecular complexity index is 813. The maximum Gasteiger partial charge on any atom is 0.232 e. The highest BCUT2D eigenvalue weighted by atomic mass is 16.2. The molecule has 2 atom stereocenters. The number of aromatic nitrogens is 2. The fourth-order valence-electron chi connectivity index (χ4n) is 4.76. The average Bonchev–Trinajstić information content (AvgIpc) is 2.81. The van der Waals surface area contributed by atoms with Crippen LogP contribution < -0.4 is 5.32 Å². The summed E-state index contributed by atoms with van der Waals surface area (Å²) in [6, 6.07) is 7.92. The van der Waals surface area contributed by atoms with Crippen LogP contribution in [0.1, 0.15) is 45.0 Å². The zero-order chi connectivity index (χ0) is 15.8. The van der Waals surface area contributed by atoms with Crippen LogP contribution in [-0.4, -0.2) is 22.9 Å². The van der Waals surface area contributed by atoms with Crippen molar-refractivity contribution < 1.29 is 4.79 Å². The van der Waals surface area contributed by atoms with E-state index in [-0.39, 0.29) is 16.7 Å². The number of likely N-dealkylation sites (N-methyl/N-ethyl adjacent to an activating group) is 1. The first-order chi connectivity index (χ1) is 10.4. The van der Waals surface area contributed by atoms with Gasteiger partial charge in [0.2, 0.25) is 5.91 Å². The van der Waals surface area contributed by atoms with Crippen LogP contribution in [0.4, 0.5) is 0 Å². The third-order valence-corrected chi connectivity index (χ3v) is 6.56. The Morgan fingerprint density at radius 2 is 1.64 bits per heavy atom. The first-order valence-corrected chi connectivity index (χ1v) is 7.88. The highest BCUT2D eigenvalue weighted by molar-refractivity contribution is 5.92. The predicted octanol–water partition coefficient (Wildman–Crippen LogP) is 2.70. The Kier molecular flexibility index (Phi) is 2.40. The third kappa shape index (κ3) is 1.20. The van der Waals surface area contributed by atoms with E-state index in [9.17, 15) is 4.79 Å². The Hall–Kier alpha value is -1.97. The van der Waals surface area contributed by atoms with Gasteiger partial charge in [-0.25, -0.2) is 9.97 Å². The van der Waals surface area contributed by atoms with E-state index in [1.165, 1.54) is 0 Å². The van der Waals surface area contributed by atoms with Gasteiger partial charge in [-0.3, -0.25) is 4.79 Å². The molecule has 2 bridgehead atoms. The first kappa shape index (κ1) is 13.7. The molecule has 0 aliphatic heterocycles. The number of benzene rings is 1. The molecule has 22 heavy (non-hydrogen) atoms. The van der Waals surface area contributed by atoms with Crippen LogP contribution in [-0.2, 0) is 15.6 Å². The summed E-state index contributed by atoms with van der Waals surface area (Å²) in [5, 5.41) is 2.88. The largest absolute Gasteiger partial charge is 0.358 e. The van der Waals surface area contributed by atoms with E-state index in [4.69, 9.17) is 9.97 Å². The van der Waals surface area contributed by atoms with Crippen LogP contribution in [0, 0.1) is 5.41 Å². The van der Waals surface area contributed by atoms with Crippen molar-refractivity contribution in [1.29, 1.82) is 0 Å². The van der Waals surface area contributed by atoms with Crippen molar-refractivity contribution in [3.05, 3.63) is 35.7 Å². The molecule has 1 heterocycles. The van der Waals surface area contributed by atoms with Crippen LogP contribution in [0.15, 0.2) is 24.3 Å². The maximum absolute atomic E-state index is 12.9. The first-order valence-electron chi connectivity index (χ1n) is 7.88. The minimum absolute atomic E-state index is 0.0737. The van der Waals surface area contributed by atoms with E-state index >= 15 is 0 Å². The van der Waals surface area contributed by atoms with Crippen LogP contribution in [0.5, 0.6) is 0 Å². The molecule has 1 N–H and O–H groups in total. The van der Waals surface area contributed by atoms with E-state index in [1.54, 1.807) is 7.05 Å². The average molecular weight is 295 g/mol. The number of carbonyl (C=O) groups is 1. The number of para-hydroxylation sites is 2. The van der Waals surface area contributed by atoms with Crippen LogP contribution in [0.3, 0.4) is 0 Å². The maximum atomic E-state index is 12.9. The minimum atomic E-state index is -0.567. The molecule has 0 saturated heterocycles. The zero-order valence-corrected chi connectivity index (χ0v) is 13.5. The smallest absolute Gasteiger partial charge is 0.232 e. The van der Waals surface area contributed by atoms with Gasteiger partial charge in [-0.1, -0.05) is 32.9 Å². The molecule has 0 unspecified atom stereocenters. The zero-order valence-electron chi connectivity index (χ0n) is 13.5. The van der Waals surface area contributed by atoms with Crippen molar-refractivity contribution in [1.82, 2.24) is 15.3 Å².